The van der Waals surface area contributed by atoms with Crippen LogP contribution in [0.4, 0.5) is 0 Å². The van der Waals surface area contributed by atoms with Crippen LogP contribution in [0.3, 0.4) is 0 Å². The highest BCUT2D eigenvalue weighted by molar-refractivity contribution is 7.99. The third-order valence-corrected chi connectivity index (χ3v) is 4.75. The molecule has 0 aromatic heterocycles. The van der Waals surface area contributed by atoms with Gasteiger partial charge >= 0.3 is 0 Å². The maximum absolute atomic E-state index is 3.74. The van der Waals surface area contributed by atoms with Gasteiger partial charge in [-0.05, 0) is 49.3 Å². The second-order valence-corrected chi connectivity index (χ2v) is 6.91. The van der Waals surface area contributed by atoms with Crippen LogP contribution in [-0.4, -0.2) is 24.1 Å². The Morgan fingerprint density at radius 2 is 2.14 bits per heavy atom. The van der Waals surface area contributed by atoms with Crippen LogP contribution in [0, 0.1) is 11.3 Å². The Morgan fingerprint density at radius 1 is 1.36 bits per heavy atom. The number of rotatable bonds is 3. The van der Waals surface area contributed by atoms with Gasteiger partial charge in [-0.15, -0.1) is 0 Å². The second kappa shape index (κ2) is 4.44. The van der Waals surface area contributed by atoms with Crippen LogP contribution in [0.5, 0.6) is 0 Å². The summed E-state index contributed by atoms with van der Waals surface area (Å²) in [6.07, 6.45) is 5.68. The summed E-state index contributed by atoms with van der Waals surface area (Å²) in [5, 5.41) is 3.74. The third-order valence-electron chi connectivity index (χ3n) is 3.54. The van der Waals surface area contributed by atoms with E-state index in [4.69, 9.17) is 0 Å². The van der Waals surface area contributed by atoms with E-state index in [9.17, 15) is 0 Å². The molecule has 1 N–H and O–H groups in total. The lowest BCUT2D eigenvalue weighted by atomic mass is 9.64. The highest BCUT2D eigenvalue weighted by Crippen LogP contribution is 2.44. The molecule has 1 aliphatic carbocycles. The molecule has 2 heteroatoms. The van der Waals surface area contributed by atoms with Crippen molar-refractivity contribution < 1.29 is 0 Å². The van der Waals surface area contributed by atoms with Crippen LogP contribution < -0.4 is 5.32 Å². The van der Waals surface area contributed by atoms with Crippen LogP contribution in [0.2, 0.25) is 0 Å². The number of hydrogen-bond acceptors (Lipinski definition) is 2. The Kier molecular flexibility index (Phi) is 3.43. The zero-order chi connectivity index (χ0) is 10.0. The van der Waals surface area contributed by atoms with E-state index < -0.39 is 0 Å². The predicted octanol–water partition coefficient (Wildman–Crippen LogP) is 2.91. The van der Waals surface area contributed by atoms with Gasteiger partial charge in [-0.2, -0.15) is 11.8 Å². The van der Waals surface area contributed by atoms with Crippen molar-refractivity contribution in [1.82, 2.24) is 5.32 Å². The lowest BCUT2D eigenvalue weighted by molar-refractivity contribution is 0.0936. The van der Waals surface area contributed by atoms with Gasteiger partial charge in [0.05, 0.1) is 0 Å². The summed E-state index contributed by atoms with van der Waals surface area (Å²) in [6.45, 7) is 6.05. The number of thioether (sulfide) groups is 1. The molecule has 1 nitrogen and oxygen atoms in total. The molecule has 0 spiro atoms. The van der Waals surface area contributed by atoms with Gasteiger partial charge in [0.1, 0.15) is 0 Å². The Labute approximate surface area is 92.4 Å². The average Bonchev–Trinajstić information content (AvgIpc) is 2.13. The summed E-state index contributed by atoms with van der Waals surface area (Å²) in [5.74, 6) is 3.70. The molecule has 1 aliphatic heterocycles. The molecule has 1 heterocycles. The van der Waals surface area contributed by atoms with Gasteiger partial charge < -0.3 is 5.32 Å². The topological polar surface area (TPSA) is 12.0 Å². The van der Waals surface area contributed by atoms with Crippen molar-refractivity contribution in [2.75, 3.05) is 18.1 Å². The smallest absolute Gasteiger partial charge is 0.0158 e. The maximum atomic E-state index is 3.74. The van der Waals surface area contributed by atoms with Gasteiger partial charge in [-0.1, -0.05) is 13.8 Å². The van der Waals surface area contributed by atoms with E-state index in [-0.39, 0.29) is 0 Å². The van der Waals surface area contributed by atoms with Crippen molar-refractivity contribution in [3.05, 3.63) is 0 Å². The lowest BCUT2D eigenvalue weighted by Gasteiger charge is -2.43. The molecule has 1 saturated carbocycles. The van der Waals surface area contributed by atoms with E-state index in [0.717, 1.165) is 12.0 Å². The van der Waals surface area contributed by atoms with Gasteiger partial charge in [-0.25, -0.2) is 0 Å². The van der Waals surface area contributed by atoms with Gasteiger partial charge in [0.15, 0.2) is 0 Å². The minimum absolute atomic E-state index is 0.646. The number of nitrogens with one attached hydrogen (secondary N) is 1. The maximum Gasteiger partial charge on any atom is 0.0158 e. The first-order valence-corrected chi connectivity index (χ1v) is 7.12. The fourth-order valence-corrected chi connectivity index (χ4v) is 3.99. The molecular weight excluding hydrogens is 190 g/mol. The van der Waals surface area contributed by atoms with Crippen molar-refractivity contribution in [2.24, 2.45) is 11.3 Å². The summed E-state index contributed by atoms with van der Waals surface area (Å²) >= 11 is 2.12. The Morgan fingerprint density at radius 3 is 2.71 bits per heavy atom. The Bertz CT molecular complexity index is 177. The van der Waals surface area contributed by atoms with Gasteiger partial charge in [-0.3, -0.25) is 0 Å². The second-order valence-electron chi connectivity index (χ2n) is 5.76. The Balaban J connectivity index is 1.59. The zero-order valence-corrected chi connectivity index (χ0v) is 10.3. The molecule has 2 aliphatic rings. The molecule has 0 radical (unpaired) electrons. The van der Waals surface area contributed by atoms with E-state index in [1.807, 2.05) is 0 Å². The van der Waals surface area contributed by atoms with Crippen molar-refractivity contribution >= 4 is 11.8 Å². The summed E-state index contributed by atoms with van der Waals surface area (Å²) in [6, 6.07) is 0.817. The largest absolute Gasteiger partial charge is 0.313 e. The minimum Gasteiger partial charge on any atom is -0.313 e. The van der Waals surface area contributed by atoms with Crippen molar-refractivity contribution in [2.45, 2.75) is 45.6 Å². The predicted molar refractivity (Wildman–Crippen MR) is 64.9 cm³/mol. The van der Waals surface area contributed by atoms with Crippen LogP contribution in [-0.2, 0) is 0 Å². The first-order chi connectivity index (χ1) is 6.66. The Hall–Kier alpha value is 0.310. The monoisotopic (exact) mass is 213 g/mol. The van der Waals surface area contributed by atoms with Crippen LogP contribution >= 0.6 is 11.8 Å². The van der Waals surface area contributed by atoms with E-state index in [1.54, 1.807) is 0 Å². The molecular formula is C12H23NS. The van der Waals surface area contributed by atoms with Gasteiger partial charge in [0.2, 0.25) is 0 Å². The highest BCUT2D eigenvalue weighted by atomic mass is 32.2. The average molecular weight is 213 g/mol. The molecule has 0 bridgehead atoms. The fourth-order valence-electron chi connectivity index (χ4n) is 2.88. The zero-order valence-electron chi connectivity index (χ0n) is 9.51. The molecule has 0 aromatic rings. The molecule has 2 rings (SSSR count). The molecule has 2 fully saturated rings. The fraction of sp³-hybridized carbons (Fsp3) is 1.00. The highest BCUT2D eigenvalue weighted by Gasteiger charge is 2.35. The van der Waals surface area contributed by atoms with E-state index in [2.05, 4.69) is 30.9 Å². The molecule has 82 valence electrons. The molecule has 14 heavy (non-hydrogen) atoms. The van der Waals surface area contributed by atoms with E-state index >= 15 is 0 Å². The van der Waals surface area contributed by atoms with Crippen LogP contribution in [0.1, 0.15) is 39.5 Å². The summed E-state index contributed by atoms with van der Waals surface area (Å²) in [7, 11) is 0. The molecule has 1 saturated heterocycles. The summed E-state index contributed by atoms with van der Waals surface area (Å²) < 4.78 is 0. The van der Waals surface area contributed by atoms with Crippen molar-refractivity contribution in [3.63, 3.8) is 0 Å². The quantitative estimate of drug-likeness (QED) is 0.773. The first kappa shape index (κ1) is 10.8. The summed E-state index contributed by atoms with van der Waals surface area (Å²) in [4.78, 5) is 0. The van der Waals surface area contributed by atoms with Crippen LogP contribution in [0.15, 0.2) is 0 Å². The normalized spacial score (nSPS) is 32.6. The minimum atomic E-state index is 0.646. The first-order valence-electron chi connectivity index (χ1n) is 5.97. The molecule has 1 atom stereocenters. The van der Waals surface area contributed by atoms with Gasteiger partial charge in [0.25, 0.3) is 0 Å². The standard InChI is InChI=1S/C12H23NS/c1-12(2)6-10(7-12)8-13-11-4-3-5-14-9-11/h10-11,13H,3-9H2,1-2H3. The van der Waals surface area contributed by atoms with Crippen molar-refractivity contribution in [1.29, 1.82) is 0 Å². The molecule has 1 unspecified atom stereocenters. The third kappa shape index (κ3) is 2.90. The summed E-state index contributed by atoms with van der Waals surface area (Å²) in [5.41, 5.74) is 0.646. The van der Waals surface area contributed by atoms with Gasteiger partial charge in [0, 0.05) is 11.8 Å². The van der Waals surface area contributed by atoms with E-state index in [0.29, 0.717) is 5.41 Å². The van der Waals surface area contributed by atoms with E-state index in [1.165, 1.54) is 43.7 Å². The molecule has 0 amide bonds. The number of hydrogen-bond donors (Lipinski definition) is 1. The van der Waals surface area contributed by atoms with Crippen molar-refractivity contribution in [3.8, 4) is 0 Å². The molecule has 0 aromatic carbocycles. The van der Waals surface area contributed by atoms with Crippen LogP contribution in [0.25, 0.3) is 0 Å². The lowest BCUT2D eigenvalue weighted by Crippen LogP contribution is -2.43. The SMILES string of the molecule is CC1(C)CC(CNC2CCCSC2)C1.